The van der Waals surface area contributed by atoms with Crippen molar-refractivity contribution in [2.45, 2.75) is 41.2 Å². The minimum absolute atomic E-state index is 0.161. The molecule has 0 saturated carbocycles. The number of anilines is 1. The summed E-state index contributed by atoms with van der Waals surface area (Å²) >= 11 is 0. The predicted molar refractivity (Wildman–Crippen MR) is 122 cm³/mol. The van der Waals surface area contributed by atoms with Crippen molar-refractivity contribution in [2.24, 2.45) is 0 Å². The fraction of sp³-hybridized carbons (Fsp3) is 0.269. The third-order valence-corrected chi connectivity index (χ3v) is 5.08. The van der Waals surface area contributed by atoms with Gasteiger partial charge >= 0.3 is 0 Å². The molecular formula is C26H29NO3. The van der Waals surface area contributed by atoms with Gasteiger partial charge in [-0.05, 0) is 87.7 Å². The Kier molecular flexibility index (Phi) is 6.78. The van der Waals surface area contributed by atoms with Crippen LogP contribution in [-0.4, -0.2) is 12.5 Å². The van der Waals surface area contributed by atoms with Crippen molar-refractivity contribution < 1.29 is 14.3 Å². The summed E-state index contributed by atoms with van der Waals surface area (Å²) in [6, 6.07) is 17.4. The molecule has 0 aliphatic rings. The van der Waals surface area contributed by atoms with Gasteiger partial charge in [0, 0.05) is 16.8 Å². The topological polar surface area (TPSA) is 47.6 Å². The van der Waals surface area contributed by atoms with Gasteiger partial charge in [-0.25, -0.2) is 0 Å². The summed E-state index contributed by atoms with van der Waals surface area (Å²) in [6.45, 7) is 11.0. The molecule has 4 nitrogen and oxygen atoms in total. The molecule has 0 radical (unpaired) electrons. The number of hydrogen-bond donors (Lipinski definition) is 1. The van der Waals surface area contributed by atoms with E-state index in [9.17, 15) is 4.79 Å². The van der Waals surface area contributed by atoms with Crippen LogP contribution in [-0.2, 0) is 6.61 Å². The summed E-state index contributed by atoms with van der Waals surface area (Å²) in [5, 5.41) is 2.94. The van der Waals surface area contributed by atoms with Crippen molar-refractivity contribution in [3.63, 3.8) is 0 Å². The Morgan fingerprint density at radius 2 is 1.57 bits per heavy atom. The summed E-state index contributed by atoms with van der Waals surface area (Å²) < 4.78 is 11.9. The first kappa shape index (κ1) is 21.4. The van der Waals surface area contributed by atoms with Crippen LogP contribution < -0.4 is 14.8 Å². The van der Waals surface area contributed by atoms with E-state index in [1.165, 1.54) is 5.56 Å². The van der Waals surface area contributed by atoms with E-state index in [-0.39, 0.29) is 5.91 Å². The number of hydrogen-bond acceptors (Lipinski definition) is 3. The highest BCUT2D eigenvalue weighted by Crippen LogP contribution is 2.27. The molecule has 0 aliphatic carbocycles. The summed E-state index contributed by atoms with van der Waals surface area (Å²) in [5.74, 6) is 1.42. The number of carbonyl (C=O) groups excluding carboxylic acids is 1. The molecule has 1 N–H and O–H groups in total. The number of amides is 1. The van der Waals surface area contributed by atoms with Gasteiger partial charge in [-0.1, -0.05) is 23.8 Å². The van der Waals surface area contributed by atoms with Crippen LogP contribution in [0.5, 0.6) is 11.5 Å². The Labute approximate surface area is 178 Å². The maximum Gasteiger partial charge on any atom is 0.255 e. The Morgan fingerprint density at radius 1 is 0.833 bits per heavy atom. The van der Waals surface area contributed by atoms with Crippen LogP contribution in [0.2, 0.25) is 0 Å². The number of aryl methyl sites for hydroxylation is 3. The van der Waals surface area contributed by atoms with Crippen molar-refractivity contribution in [3.8, 4) is 11.5 Å². The second-order valence-corrected chi connectivity index (χ2v) is 7.57. The van der Waals surface area contributed by atoms with Gasteiger partial charge in [0.2, 0.25) is 0 Å². The third-order valence-electron chi connectivity index (χ3n) is 5.08. The standard InChI is InChI=1S/C26H29NO3/c1-6-29-24-12-9-21(26(28)27-23-10-7-17(2)8-11-23)15-22(24)16-30-25-14-18(3)13-19(4)20(25)5/h7-15H,6,16H2,1-5H3,(H,27,28). The summed E-state index contributed by atoms with van der Waals surface area (Å²) in [5.41, 5.74) is 6.79. The molecule has 0 fully saturated rings. The van der Waals surface area contributed by atoms with Gasteiger partial charge in [-0.3, -0.25) is 4.79 Å². The smallest absolute Gasteiger partial charge is 0.255 e. The third kappa shape index (κ3) is 5.20. The number of carbonyl (C=O) groups is 1. The highest BCUT2D eigenvalue weighted by atomic mass is 16.5. The summed E-state index contributed by atoms with van der Waals surface area (Å²) in [4.78, 5) is 12.7. The molecule has 1 amide bonds. The zero-order valence-electron chi connectivity index (χ0n) is 18.3. The zero-order chi connectivity index (χ0) is 21.7. The number of benzene rings is 3. The van der Waals surface area contributed by atoms with E-state index < -0.39 is 0 Å². The number of rotatable bonds is 7. The number of nitrogens with one attached hydrogen (secondary N) is 1. The van der Waals surface area contributed by atoms with Crippen LogP contribution in [0.3, 0.4) is 0 Å². The Balaban J connectivity index is 1.82. The monoisotopic (exact) mass is 403 g/mol. The van der Waals surface area contributed by atoms with Crippen LogP contribution in [0.1, 0.15) is 45.1 Å². The molecule has 0 aromatic heterocycles. The summed E-state index contributed by atoms with van der Waals surface area (Å²) in [7, 11) is 0. The molecule has 156 valence electrons. The van der Waals surface area contributed by atoms with Gasteiger partial charge in [0.15, 0.2) is 0 Å². The molecule has 3 aromatic carbocycles. The van der Waals surface area contributed by atoms with Crippen molar-refractivity contribution in [1.29, 1.82) is 0 Å². The molecule has 0 unspecified atom stereocenters. The minimum Gasteiger partial charge on any atom is -0.493 e. The van der Waals surface area contributed by atoms with Crippen molar-refractivity contribution in [2.75, 3.05) is 11.9 Å². The van der Waals surface area contributed by atoms with E-state index in [1.54, 1.807) is 6.07 Å². The largest absolute Gasteiger partial charge is 0.493 e. The van der Waals surface area contributed by atoms with Gasteiger partial charge in [-0.15, -0.1) is 0 Å². The second kappa shape index (κ2) is 9.49. The SMILES string of the molecule is CCOc1ccc(C(=O)Nc2ccc(C)cc2)cc1COc1cc(C)cc(C)c1C. The van der Waals surface area contributed by atoms with Crippen molar-refractivity contribution in [1.82, 2.24) is 0 Å². The molecule has 0 aliphatic heterocycles. The number of ether oxygens (including phenoxy) is 2. The van der Waals surface area contributed by atoms with E-state index in [4.69, 9.17) is 9.47 Å². The molecule has 0 spiro atoms. The van der Waals surface area contributed by atoms with Gasteiger partial charge < -0.3 is 14.8 Å². The average molecular weight is 404 g/mol. The molecule has 4 heteroatoms. The molecule has 0 bridgehead atoms. The average Bonchev–Trinajstić information content (AvgIpc) is 2.72. The predicted octanol–water partition coefficient (Wildman–Crippen LogP) is 6.15. The van der Waals surface area contributed by atoms with Crippen LogP contribution in [0.25, 0.3) is 0 Å². The highest BCUT2D eigenvalue weighted by Gasteiger charge is 2.13. The summed E-state index contributed by atoms with van der Waals surface area (Å²) in [6.07, 6.45) is 0. The van der Waals surface area contributed by atoms with E-state index in [0.29, 0.717) is 18.8 Å². The zero-order valence-corrected chi connectivity index (χ0v) is 18.3. The van der Waals surface area contributed by atoms with Crippen molar-refractivity contribution >= 4 is 11.6 Å². The van der Waals surface area contributed by atoms with Crippen LogP contribution in [0, 0.1) is 27.7 Å². The maximum absolute atomic E-state index is 12.7. The van der Waals surface area contributed by atoms with Crippen LogP contribution in [0.4, 0.5) is 5.69 Å². The van der Waals surface area contributed by atoms with E-state index in [0.717, 1.165) is 39.4 Å². The lowest BCUT2D eigenvalue weighted by Crippen LogP contribution is -2.13. The lowest BCUT2D eigenvalue weighted by Gasteiger charge is -2.16. The second-order valence-electron chi connectivity index (χ2n) is 7.57. The van der Waals surface area contributed by atoms with Gasteiger partial charge in [-0.2, -0.15) is 0 Å². The first-order valence-electron chi connectivity index (χ1n) is 10.2. The minimum atomic E-state index is -0.161. The van der Waals surface area contributed by atoms with E-state index in [2.05, 4.69) is 32.2 Å². The Morgan fingerprint density at radius 3 is 2.27 bits per heavy atom. The van der Waals surface area contributed by atoms with Gasteiger partial charge in [0.05, 0.1) is 6.61 Å². The van der Waals surface area contributed by atoms with Gasteiger partial charge in [0.1, 0.15) is 18.1 Å². The van der Waals surface area contributed by atoms with Gasteiger partial charge in [0.25, 0.3) is 5.91 Å². The molecule has 0 heterocycles. The fourth-order valence-corrected chi connectivity index (χ4v) is 3.28. The lowest BCUT2D eigenvalue weighted by molar-refractivity contribution is 0.102. The maximum atomic E-state index is 12.7. The van der Waals surface area contributed by atoms with E-state index in [1.807, 2.05) is 56.3 Å². The quantitative estimate of drug-likeness (QED) is 0.515. The molecule has 3 rings (SSSR count). The molecule has 30 heavy (non-hydrogen) atoms. The molecule has 0 atom stereocenters. The fourth-order valence-electron chi connectivity index (χ4n) is 3.28. The first-order valence-corrected chi connectivity index (χ1v) is 10.2. The lowest BCUT2D eigenvalue weighted by atomic mass is 10.1. The molecule has 0 saturated heterocycles. The van der Waals surface area contributed by atoms with Crippen LogP contribution in [0.15, 0.2) is 54.6 Å². The first-order chi connectivity index (χ1) is 14.4. The molecular weight excluding hydrogens is 374 g/mol. The Bertz CT molecular complexity index is 1040. The molecule has 3 aromatic rings. The highest BCUT2D eigenvalue weighted by molar-refractivity contribution is 6.04. The normalized spacial score (nSPS) is 10.6. The van der Waals surface area contributed by atoms with Crippen LogP contribution >= 0.6 is 0 Å². The Hall–Kier alpha value is -3.27. The van der Waals surface area contributed by atoms with E-state index >= 15 is 0 Å². The van der Waals surface area contributed by atoms with Crippen molar-refractivity contribution in [3.05, 3.63) is 88.0 Å².